The van der Waals surface area contributed by atoms with Crippen LogP contribution in [0.25, 0.3) is 10.2 Å². The second kappa shape index (κ2) is 8.37. The lowest BCUT2D eigenvalue weighted by molar-refractivity contribution is -0.122. The topological polar surface area (TPSA) is 90.2 Å². The number of carbonyl (C=O) groups excluding carboxylic acids is 1. The van der Waals surface area contributed by atoms with E-state index in [0.717, 1.165) is 28.0 Å². The first-order valence-electron chi connectivity index (χ1n) is 9.99. The summed E-state index contributed by atoms with van der Waals surface area (Å²) in [5, 5.41) is 1.71. The Kier molecular flexibility index (Phi) is 5.54. The van der Waals surface area contributed by atoms with Gasteiger partial charge in [0.05, 0.1) is 16.8 Å². The van der Waals surface area contributed by atoms with Crippen molar-refractivity contribution in [3.05, 3.63) is 34.4 Å². The molecule has 32 heavy (non-hydrogen) atoms. The molecule has 2 aromatic heterocycles. The molecule has 4 heterocycles. The summed E-state index contributed by atoms with van der Waals surface area (Å²) >= 11 is 2.45. The molecule has 2 aliphatic rings. The first-order chi connectivity index (χ1) is 15.5. The van der Waals surface area contributed by atoms with E-state index >= 15 is 0 Å². The van der Waals surface area contributed by atoms with Crippen molar-refractivity contribution in [3.63, 3.8) is 0 Å². The van der Waals surface area contributed by atoms with Crippen molar-refractivity contribution in [2.24, 2.45) is 4.99 Å². The third-order valence-corrected chi connectivity index (χ3v) is 9.75. The van der Waals surface area contributed by atoms with Crippen LogP contribution in [-0.4, -0.2) is 42.6 Å². The summed E-state index contributed by atoms with van der Waals surface area (Å²) in [6.45, 7) is 0.672. The number of aromatic nitrogens is 1. The molecule has 8 nitrogen and oxygen atoms in total. The van der Waals surface area contributed by atoms with Gasteiger partial charge in [0.1, 0.15) is 10.3 Å². The van der Waals surface area contributed by atoms with Gasteiger partial charge in [0.2, 0.25) is 6.79 Å². The number of benzene rings is 1. The second-order valence-electron chi connectivity index (χ2n) is 7.36. The third kappa shape index (κ3) is 3.63. The highest BCUT2D eigenvalue weighted by molar-refractivity contribution is 7.91. The highest BCUT2D eigenvalue weighted by atomic mass is 32.2. The van der Waals surface area contributed by atoms with Gasteiger partial charge in [-0.1, -0.05) is 29.7 Å². The maximum atomic E-state index is 13.3. The minimum Gasteiger partial charge on any atom is -0.454 e. The number of piperidine rings is 1. The molecule has 1 atom stereocenters. The van der Waals surface area contributed by atoms with Crippen LogP contribution in [-0.2, 0) is 21.4 Å². The number of ether oxygens (including phenoxy) is 2. The predicted molar refractivity (Wildman–Crippen MR) is 121 cm³/mol. The number of fused-ring (bicyclic) bond motifs is 2. The third-order valence-electron chi connectivity index (χ3n) is 5.43. The molecule has 0 spiro atoms. The SMILES string of the molecule is C#CCn1c(=NC(=O)C2CCCCN2S(=O)(=O)c2cccs2)sc2cc3c(cc21)OCO3. The van der Waals surface area contributed by atoms with E-state index in [-0.39, 0.29) is 17.5 Å². The van der Waals surface area contributed by atoms with E-state index in [9.17, 15) is 13.2 Å². The summed E-state index contributed by atoms with van der Waals surface area (Å²) in [7, 11) is -3.75. The van der Waals surface area contributed by atoms with Crippen LogP contribution in [0, 0.1) is 12.3 Å². The molecule has 1 saturated heterocycles. The fourth-order valence-electron chi connectivity index (χ4n) is 3.92. The molecular formula is C21H19N3O5S3. The zero-order chi connectivity index (χ0) is 22.3. The highest BCUT2D eigenvalue weighted by Gasteiger charge is 2.38. The van der Waals surface area contributed by atoms with Gasteiger partial charge in [-0.15, -0.1) is 17.8 Å². The van der Waals surface area contributed by atoms with Gasteiger partial charge in [-0.2, -0.15) is 9.30 Å². The molecule has 0 saturated carbocycles. The molecule has 11 heteroatoms. The Hall–Kier alpha value is -2.65. The molecule has 0 radical (unpaired) electrons. The van der Waals surface area contributed by atoms with Crippen LogP contribution >= 0.6 is 22.7 Å². The van der Waals surface area contributed by atoms with Crippen molar-refractivity contribution in [3.8, 4) is 23.8 Å². The van der Waals surface area contributed by atoms with Crippen LogP contribution in [0.4, 0.5) is 0 Å². The quantitative estimate of drug-likeness (QED) is 0.526. The average molecular weight is 490 g/mol. The standard InChI is InChI=1S/C21H19N3O5S3/c1-2-8-23-15-11-16-17(29-13-28-16)12-18(15)31-21(23)22-20(25)14-6-3-4-9-24(14)32(26,27)19-7-5-10-30-19/h1,5,7,10-12,14H,3-4,6,8-9,13H2. The molecule has 0 bridgehead atoms. The van der Waals surface area contributed by atoms with Crippen LogP contribution in [0.3, 0.4) is 0 Å². The number of sulfonamides is 1. The Morgan fingerprint density at radius 2 is 2.09 bits per heavy atom. The minimum atomic E-state index is -3.75. The molecule has 166 valence electrons. The van der Waals surface area contributed by atoms with Gasteiger partial charge in [-0.05, 0) is 24.3 Å². The zero-order valence-corrected chi connectivity index (χ0v) is 19.3. The normalized spacial score (nSPS) is 19.3. The number of hydrogen-bond acceptors (Lipinski definition) is 7. The summed E-state index contributed by atoms with van der Waals surface area (Å²) in [5.74, 6) is 3.35. The summed E-state index contributed by atoms with van der Waals surface area (Å²) < 4.78 is 41.3. The van der Waals surface area contributed by atoms with Crippen LogP contribution < -0.4 is 14.3 Å². The van der Waals surface area contributed by atoms with E-state index in [1.165, 1.54) is 15.6 Å². The molecule has 3 aromatic rings. The van der Waals surface area contributed by atoms with E-state index in [1.54, 1.807) is 22.1 Å². The van der Waals surface area contributed by atoms with E-state index in [2.05, 4.69) is 10.9 Å². The van der Waals surface area contributed by atoms with E-state index in [0.29, 0.717) is 35.7 Å². The predicted octanol–water partition coefficient (Wildman–Crippen LogP) is 2.80. The van der Waals surface area contributed by atoms with Crippen molar-refractivity contribution >= 4 is 48.8 Å². The number of hydrogen-bond donors (Lipinski definition) is 0. The van der Waals surface area contributed by atoms with Crippen LogP contribution in [0.1, 0.15) is 19.3 Å². The monoisotopic (exact) mass is 489 g/mol. The number of rotatable bonds is 4. The maximum Gasteiger partial charge on any atom is 0.266 e. The molecular weight excluding hydrogens is 470 g/mol. The largest absolute Gasteiger partial charge is 0.454 e. The molecule has 0 aliphatic carbocycles. The van der Waals surface area contributed by atoms with Gasteiger partial charge in [0.25, 0.3) is 15.9 Å². The lowest BCUT2D eigenvalue weighted by Gasteiger charge is -2.31. The summed E-state index contributed by atoms with van der Waals surface area (Å²) in [6.07, 6.45) is 7.47. The molecule has 0 N–H and O–H groups in total. The lowest BCUT2D eigenvalue weighted by Crippen LogP contribution is -2.47. The number of carbonyl (C=O) groups is 1. The average Bonchev–Trinajstić information content (AvgIpc) is 3.53. The first kappa shape index (κ1) is 21.2. The second-order valence-corrected chi connectivity index (χ2v) is 11.4. The Morgan fingerprint density at radius 3 is 2.84 bits per heavy atom. The van der Waals surface area contributed by atoms with Crippen LogP contribution in [0.5, 0.6) is 11.5 Å². The van der Waals surface area contributed by atoms with E-state index < -0.39 is 22.0 Å². The summed E-state index contributed by atoms with van der Waals surface area (Å²) in [6, 6.07) is 6.07. The smallest absolute Gasteiger partial charge is 0.266 e. The van der Waals surface area contributed by atoms with Crippen molar-refractivity contribution in [2.75, 3.05) is 13.3 Å². The van der Waals surface area contributed by atoms with Crippen LogP contribution in [0.2, 0.25) is 0 Å². The Morgan fingerprint density at radius 1 is 1.28 bits per heavy atom. The minimum absolute atomic E-state index is 0.160. The molecule has 2 aliphatic heterocycles. The number of amides is 1. The van der Waals surface area contributed by atoms with Crippen molar-refractivity contribution < 1.29 is 22.7 Å². The number of thiophene rings is 1. The van der Waals surface area contributed by atoms with E-state index in [4.69, 9.17) is 15.9 Å². The molecule has 1 unspecified atom stereocenters. The molecule has 1 amide bonds. The molecule has 1 aromatic carbocycles. The zero-order valence-electron chi connectivity index (χ0n) is 16.9. The number of terminal acetylenes is 1. The van der Waals surface area contributed by atoms with E-state index in [1.807, 2.05) is 12.1 Å². The van der Waals surface area contributed by atoms with Crippen molar-refractivity contribution in [1.29, 1.82) is 0 Å². The highest BCUT2D eigenvalue weighted by Crippen LogP contribution is 2.37. The van der Waals surface area contributed by atoms with Gasteiger partial charge >= 0.3 is 0 Å². The van der Waals surface area contributed by atoms with Gasteiger partial charge in [0.15, 0.2) is 16.3 Å². The van der Waals surface area contributed by atoms with Gasteiger partial charge in [0, 0.05) is 18.7 Å². The van der Waals surface area contributed by atoms with Gasteiger partial charge in [-0.3, -0.25) is 4.79 Å². The summed E-state index contributed by atoms with van der Waals surface area (Å²) in [4.78, 5) is 18.0. The Labute approximate surface area is 192 Å². The van der Waals surface area contributed by atoms with Gasteiger partial charge < -0.3 is 14.0 Å². The first-order valence-corrected chi connectivity index (χ1v) is 13.1. The Balaban J connectivity index is 1.56. The van der Waals surface area contributed by atoms with Crippen LogP contribution in [0.15, 0.2) is 38.8 Å². The maximum absolute atomic E-state index is 13.3. The molecule has 1 fully saturated rings. The number of nitrogens with zero attached hydrogens (tertiary/aromatic N) is 3. The fourth-order valence-corrected chi connectivity index (χ4v) is 7.74. The number of thiazole rings is 1. The Bertz CT molecular complexity index is 1400. The fraction of sp³-hybridized carbons (Fsp3) is 0.333. The van der Waals surface area contributed by atoms with Gasteiger partial charge in [-0.25, -0.2) is 8.42 Å². The van der Waals surface area contributed by atoms with Crippen molar-refractivity contribution in [1.82, 2.24) is 8.87 Å². The van der Waals surface area contributed by atoms with Crippen molar-refractivity contribution in [2.45, 2.75) is 36.1 Å². The molecule has 5 rings (SSSR count). The lowest BCUT2D eigenvalue weighted by atomic mass is 10.0. The summed E-state index contributed by atoms with van der Waals surface area (Å²) in [5.41, 5.74) is 0.787.